The van der Waals surface area contributed by atoms with Crippen molar-refractivity contribution in [2.24, 2.45) is 5.73 Å². The fourth-order valence-electron chi connectivity index (χ4n) is 1.88. The van der Waals surface area contributed by atoms with Crippen LogP contribution in [-0.4, -0.2) is 7.11 Å². The molecule has 2 nitrogen and oxygen atoms in total. The average Bonchev–Trinajstić information content (AvgIpc) is 2.38. The van der Waals surface area contributed by atoms with Gasteiger partial charge in [0.1, 0.15) is 5.82 Å². The Balaban J connectivity index is 2.51. The largest absolute Gasteiger partial charge is 0.494 e. The number of ether oxygens (including phenoxy) is 1. The van der Waals surface area contributed by atoms with E-state index in [0.717, 1.165) is 5.56 Å². The van der Waals surface area contributed by atoms with Crippen LogP contribution in [0, 0.1) is 11.6 Å². The molecular formula is C15H15F2NO. The molecule has 0 aliphatic carbocycles. The minimum absolute atomic E-state index is 0.132. The van der Waals surface area contributed by atoms with Gasteiger partial charge in [0, 0.05) is 11.6 Å². The Morgan fingerprint density at radius 3 is 2.37 bits per heavy atom. The highest BCUT2D eigenvalue weighted by Crippen LogP contribution is 2.29. The van der Waals surface area contributed by atoms with Gasteiger partial charge in [-0.05, 0) is 42.3 Å². The quantitative estimate of drug-likeness (QED) is 0.917. The van der Waals surface area contributed by atoms with Gasteiger partial charge in [-0.25, -0.2) is 8.78 Å². The number of hydrogen-bond donors (Lipinski definition) is 1. The van der Waals surface area contributed by atoms with Gasteiger partial charge in [-0.15, -0.1) is 0 Å². The molecule has 0 bridgehead atoms. The third-order valence-electron chi connectivity index (χ3n) is 2.98. The molecule has 0 aromatic heterocycles. The standard InChI is InChI=1S/C15H15F2NO/c1-9(18)10-3-5-13(16)12(7-10)11-4-6-15(19-2)14(17)8-11/h3-9H,18H2,1-2H3. The summed E-state index contributed by atoms with van der Waals surface area (Å²) in [6, 6.07) is 8.75. The van der Waals surface area contributed by atoms with Gasteiger partial charge in [0.15, 0.2) is 11.6 Å². The Morgan fingerprint density at radius 1 is 1.05 bits per heavy atom. The van der Waals surface area contributed by atoms with Crippen LogP contribution in [0.3, 0.4) is 0 Å². The highest BCUT2D eigenvalue weighted by atomic mass is 19.1. The molecule has 0 amide bonds. The fraction of sp³-hybridized carbons (Fsp3) is 0.200. The Hall–Kier alpha value is -1.94. The first-order chi connectivity index (χ1) is 9.02. The van der Waals surface area contributed by atoms with E-state index in [1.54, 1.807) is 18.2 Å². The molecular weight excluding hydrogens is 248 g/mol. The Bertz CT molecular complexity index is 597. The monoisotopic (exact) mass is 263 g/mol. The van der Waals surface area contributed by atoms with Crippen LogP contribution in [0.5, 0.6) is 5.75 Å². The predicted octanol–water partition coefficient (Wildman–Crippen LogP) is 3.66. The molecule has 0 aliphatic heterocycles. The molecule has 0 fully saturated rings. The summed E-state index contributed by atoms with van der Waals surface area (Å²) < 4.78 is 32.3. The second kappa shape index (κ2) is 5.36. The van der Waals surface area contributed by atoms with Crippen LogP contribution in [-0.2, 0) is 0 Å². The topological polar surface area (TPSA) is 35.2 Å². The number of benzene rings is 2. The fourth-order valence-corrected chi connectivity index (χ4v) is 1.88. The molecule has 0 heterocycles. The molecule has 0 aliphatic rings. The van der Waals surface area contributed by atoms with E-state index in [4.69, 9.17) is 10.5 Å². The zero-order valence-electron chi connectivity index (χ0n) is 10.8. The van der Waals surface area contributed by atoms with E-state index < -0.39 is 11.6 Å². The summed E-state index contributed by atoms with van der Waals surface area (Å²) in [6.07, 6.45) is 0. The van der Waals surface area contributed by atoms with Crippen LogP contribution in [0.15, 0.2) is 36.4 Å². The molecule has 0 radical (unpaired) electrons. The van der Waals surface area contributed by atoms with Crippen molar-refractivity contribution in [2.45, 2.75) is 13.0 Å². The minimum Gasteiger partial charge on any atom is -0.494 e. The molecule has 100 valence electrons. The van der Waals surface area contributed by atoms with Gasteiger partial charge in [-0.3, -0.25) is 0 Å². The third kappa shape index (κ3) is 2.74. The first-order valence-corrected chi connectivity index (χ1v) is 5.92. The van der Waals surface area contributed by atoms with E-state index >= 15 is 0 Å². The smallest absolute Gasteiger partial charge is 0.165 e. The Morgan fingerprint density at radius 2 is 1.79 bits per heavy atom. The van der Waals surface area contributed by atoms with Crippen molar-refractivity contribution in [3.63, 3.8) is 0 Å². The zero-order valence-corrected chi connectivity index (χ0v) is 10.8. The maximum atomic E-state index is 13.8. The van der Waals surface area contributed by atoms with Crippen LogP contribution in [0.2, 0.25) is 0 Å². The summed E-state index contributed by atoms with van der Waals surface area (Å²) in [5, 5.41) is 0. The van der Waals surface area contributed by atoms with Crippen LogP contribution in [0.4, 0.5) is 8.78 Å². The van der Waals surface area contributed by atoms with E-state index in [9.17, 15) is 8.78 Å². The van der Waals surface area contributed by atoms with Gasteiger partial charge in [0.25, 0.3) is 0 Å². The number of methoxy groups -OCH3 is 1. The molecule has 19 heavy (non-hydrogen) atoms. The van der Waals surface area contributed by atoms with E-state index in [1.165, 1.54) is 25.3 Å². The summed E-state index contributed by atoms with van der Waals surface area (Å²) in [4.78, 5) is 0. The molecule has 2 rings (SSSR count). The average molecular weight is 263 g/mol. The van der Waals surface area contributed by atoms with Crippen molar-refractivity contribution in [1.29, 1.82) is 0 Å². The molecule has 2 N–H and O–H groups in total. The lowest BCUT2D eigenvalue weighted by Gasteiger charge is -2.10. The Labute approximate surface area is 110 Å². The summed E-state index contributed by atoms with van der Waals surface area (Å²) in [6.45, 7) is 1.81. The maximum Gasteiger partial charge on any atom is 0.165 e. The van der Waals surface area contributed by atoms with Crippen LogP contribution in [0.1, 0.15) is 18.5 Å². The van der Waals surface area contributed by atoms with Crippen molar-refractivity contribution in [1.82, 2.24) is 0 Å². The summed E-state index contributed by atoms with van der Waals surface area (Å²) in [7, 11) is 1.38. The van der Waals surface area contributed by atoms with Gasteiger partial charge in [-0.2, -0.15) is 0 Å². The third-order valence-corrected chi connectivity index (χ3v) is 2.98. The van der Waals surface area contributed by atoms with Gasteiger partial charge in [0.2, 0.25) is 0 Å². The Kier molecular flexibility index (Phi) is 3.81. The molecule has 2 aromatic carbocycles. The lowest BCUT2D eigenvalue weighted by molar-refractivity contribution is 0.386. The van der Waals surface area contributed by atoms with Gasteiger partial charge >= 0.3 is 0 Å². The number of rotatable bonds is 3. The second-order valence-electron chi connectivity index (χ2n) is 4.38. The molecule has 0 spiro atoms. The SMILES string of the molecule is COc1ccc(-c2cc(C(C)N)ccc2F)cc1F. The summed E-state index contributed by atoms with van der Waals surface area (Å²) in [5.41, 5.74) is 7.36. The lowest BCUT2D eigenvalue weighted by Crippen LogP contribution is -2.05. The molecule has 1 atom stereocenters. The molecule has 2 aromatic rings. The molecule has 0 saturated carbocycles. The van der Waals surface area contributed by atoms with E-state index in [-0.39, 0.29) is 11.8 Å². The predicted molar refractivity (Wildman–Crippen MR) is 70.9 cm³/mol. The summed E-state index contributed by atoms with van der Waals surface area (Å²) >= 11 is 0. The lowest BCUT2D eigenvalue weighted by atomic mass is 9.99. The zero-order chi connectivity index (χ0) is 14.0. The maximum absolute atomic E-state index is 13.8. The highest BCUT2D eigenvalue weighted by molar-refractivity contribution is 5.66. The molecule has 0 saturated heterocycles. The van der Waals surface area contributed by atoms with Crippen molar-refractivity contribution in [2.75, 3.05) is 7.11 Å². The molecule has 4 heteroatoms. The first kappa shape index (κ1) is 13.5. The van der Waals surface area contributed by atoms with Crippen molar-refractivity contribution in [3.8, 4) is 16.9 Å². The highest BCUT2D eigenvalue weighted by Gasteiger charge is 2.11. The van der Waals surface area contributed by atoms with Gasteiger partial charge < -0.3 is 10.5 Å². The normalized spacial score (nSPS) is 12.3. The number of nitrogens with two attached hydrogens (primary N) is 1. The molecule has 1 unspecified atom stereocenters. The van der Waals surface area contributed by atoms with Crippen LogP contribution in [0.25, 0.3) is 11.1 Å². The van der Waals surface area contributed by atoms with Gasteiger partial charge in [0.05, 0.1) is 7.11 Å². The van der Waals surface area contributed by atoms with Crippen molar-refractivity contribution in [3.05, 3.63) is 53.6 Å². The van der Waals surface area contributed by atoms with Crippen LogP contribution >= 0.6 is 0 Å². The van der Waals surface area contributed by atoms with E-state index in [1.807, 2.05) is 6.92 Å². The second-order valence-corrected chi connectivity index (χ2v) is 4.38. The number of hydrogen-bond acceptors (Lipinski definition) is 2. The van der Waals surface area contributed by atoms with Crippen LogP contribution < -0.4 is 10.5 Å². The van der Waals surface area contributed by atoms with E-state index in [0.29, 0.717) is 11.1 Å². The van der Waals surface area contributed by atoms with E-state index in [2.05, 4.69) is 0 Å². The van der Waals surface area contributed by atoms with Gasteiger partial charge in [-0.1, -0.05) is 12.1 Å². The first-order valence-electron chi connectivity index (χ1n) is 5.92. The van der Waals surface area contributed by atoms with Crippen molar-refractivity contribution >= 4 is 0 Å². The summed E-state index contributed by atoms with van der Waals surface area (Å²) in [5.74, 6) is -0.799. The number of halogens is 2. The minimum atomic E-state index is -0.523. The van der Waals surface area contributed by atoms with Crippen molar-refractivity contribution < 1.29 is 13.5 Å².